The highest BCUT2D eigenvalue weighted by molar-refractivity contribution is 7.12. The molecular weight excluding hydrogens is 296 g/mol. The monoisotopic (exact) mass is 316 g/mol. The SMILES string of the molecule is Cc1cc(C(=O)CCC(=O)NC(C)c2cccnc2)c(C)s1. The van der Waals surface area contributed by atoms with Crippen LogP contribution in [0.4, 0.5) is 0 Å². The fourth-order valence-corrected chi connectivity index (χ4v) is 3.24. The van der Waals surface area contributed by atoms with Crippen molar-refractivity contribution >= 4 is 23.0 Å². The number of hydrogen-bond acceptors (Lipinski definition) is 4. The van der Waals surface area contributed by atoms with E-state index in [4.69, 9.17) is 0 Å². The topological polar surface area (TPSA) is 59.1 Å². The van der Waals surface area contributed by atoms with Gasteiger partial charge in [-0.05, 0) is 38.5 Å². The molecular formula is C17H20N2O2S. The first-order valence-corrected chi connectivity index (χ1v) is 8.08. The average molecular weight is 316 g/mol. The molecule has 0 radical (unpaired) electrons. The number of ketones is 1. The highest BCUT2D eigenvalue weighted by Gasteiger charge is 2.15. The molecule has 0 aromatic carbocycles. The first-order chi connectivity index (χ1) is 10.5. The van der Waals surface area contributed by atoms with Crippen LogP contribution in [0.3, 0.4) is 0 Å². The van der Waals surface area contributed by atoms with Crippen LogP contribution in [-0.4, -0.2) is 16.7 Å². The van der Waals surface area contributed by atoms with Crippen LogP contribution in [0.25, 0.3) is 0 Å². The summed E-state index contributed by atoms with van der Waals surface area (Å²) in [5.41, 5.74) is 1.70. The molecule has 0 bridgehead atoms. The second-order valence-corrected chi connectivity index (χ2v) is 6.79. The van der Waals surface area contributed by atoms with E-state index in [0.717, 1.165) is 20.9 Å². The van der Waals surface area contributed by atoms with Gasteiger partial charge in [-0.15, -0.1) is 11.3 Å². The number of carbonyl (C=O) groups excluding carboxylic acids is 2. The minimum Gasteiger partial charge on any atom is -0.350 e. The molecule has 1 N–H and O–H groups in total. The molecule has 0 aliphatic rings. The van der Waals surface area contributed by atoms with Crippen molar-refractivity contribution in [3.8, 4) is 0 Å². The Bertz CT molecular complexity index is 665. The number of amides is 1. The molecule has 0 aliphatic carbocycles. The van der Waals surface area contributed by atoms with Gasteiger partial charge in [-0.1, -0.05) is 6.07 Å². The van der Waals surface area contributed by atoms with Gasteiger partial charge in [0, 0.05) is 40.6 Å². The highest BCUT2D eigenvalue weighted by Crippen LogP contribution is 2.22. The van der Waals surface area contributed by atoms with Gasteiger partial charge in [0.15, 0.2) is 5.78 Å². The molecule has 2 aromatic rings. The van der Waals surface area contributed by atoms with Crippen LogP contribution in [0, 0.1) is 13.8 Å². The fraction of sp³-hybridized carbons (Fsp3) is 0.353. The largest absolute Gasteiger partial charge is 0.350 e. The second kappa shape index (κ2) is 7.31. The van der Waals surface area contributed by atoms with Crippen molar-refractivity contribution in [3.63, 3.8) is 0 Å². The van der Waals surface area contributed by atoms with E-state index >= 15 is 0 Å². The Morgan fingerprint density at radius 1 is 1.32 bits per heavy atom. The molecule has 22 heavy (non-hydrogen) atoms. The molecule has 0 fully saturated rings. The van der Waals surface area contributed by atoms with Crippen molar-refractivity contribution in [1.82, 2.24) is 10.3 Å². The average Bonchev–Trinajstić information content (AvgIpc) is 2.84. The Morgan fingerprint density at radius 3 is 2.68 bits per heavy atom. The summed E-state index contributed by atoms with van der Waals surface area (Å²) < 4.78 is 0. The van der Waals surface area contributed by atoms with Gasteiger partial charge in [0.05, 0.1) is 6.04 Å². The van der Waals surface area contributed by atoms with Crippen molar-refractivity contribution in [2.45, 2.75) is 39.7 Å². The Balaban J connectivity index is 1.85. The number of aromatic nitrogens is 1. The molecule has 116 valence electrons. The minimum absolute atomic E-state index is 0.0334. The van der Waals surface area contributed by atoms with Crippen LogP contribution >= 0.6 is 11.3 Å². The van der Waals surface area contributed by atoms with Gasteiger partial charge in [-0.2, -0.15) is 0 Å². The van der Waals surface area contributed by atoms with E-state index in [2.05, 4.69) is 10.3 Å². The lowest BCUT2D eigenvalue weighted by Gasteiger charge is -2.13. The Kier molecular flexibility index (Phi) is 5.44. The molecule has 0 spiro atoms. The molecule has 0 aliphatic heterocycles. The lowest BCUT2D eigenvalue weighted by Crippen LogP contribution is -2.27. The van der Waals surface area contributed by atoms with Gasteiger partial charge >= 0.3 is 0 Å². The van der Waals surface area contributed by atoms with Gasteiger partial charge in [0.25, 0.3) is 0 Å². The molecule has 1 unspecified atom stereocenters. The van der Waals surface area contributed by atoms with Crippen LogP contribution in [0.15, 0.2) is 30.6 Å². The summed E-state index contributed by atoms with van der Waals surface area (Å²) in [6, 6.07) is 5.55. The predicted molar refractivity (Wildman–Crippen MR) is 88.2 cm³/mol. The Morgan fingerprint density at radius 2 is 2.09 bits per heavy atom. The third kappa shape index (κ3) is 4.24. The van der Waals surface area contributed by atoms with E-state index < -0.39 is 0 Å². The van der Waals surface area contributed by atoms with Crippen molar-refractivity contribution in [3.05, 3.63) is 51.5 Å². The van der Waals surface area contributed by atoms with Crippen molar-refractivity contribution in [2.75, 3.05) is 0 Å². The maximum absolute atomic E-state index is 12.2. The van der Waals surface area contributed by atoms with E-state index in [1.54, 1.807) is 23.7 Å². The van der Waals surface area contributed by atoms with Crippen molar-refractivity contribution < 1.29 is 9.59 Å². The Labute approximate surface area is 134 Å². The molecule has 2 aromatic heterocycles. The van der Waals surface area contributed by atoms with Gasteiger partial charge in [-0.25, -0.2) is 0 Å². The zero-order valence-corrected chi connectivity index (χ0v) is 13.9. The zero-order chi connectivity index (χ0) is 16.1. The van der Waals surface area contributed by atoms with Crippen molar-refractivity contribution in [1.29, 1.82) is 0 Å². The third-order valence-electron chi connectivity index (χ3n) is 3.48. The van der Waals surface area contributed by atoms with Crippen molar-refractivity contribution in [2.24, 2.45) is 0 Å². The van der Waals surface area contributed by atoms with E-state index in [1.165, 1.54) is 0 Å². The lowest BCUT2D eigenvalue weighted by molar-refractivity contribution is -0.121. The van der Waals surface area contributed by atoms with Crippen LogP contribution in [0.2, 0.25) is 0 Å². The summed E-state index contributed by atoms with van der Waals surface area (Å²) in [5, 5.41) is 2.89. The molecule has 1 amide bonds. The molecule has 1 atom stereocenters. The summed E-state index contributed by atoms with van der Waals surface area (Å²) in [5.74, 6) is -0.0830. The second-order valence-electron chi connectivity index (χ2n) is 5.33. The first-order valence-electron chi connectivity index (χ1n) is 7.27. The number of carbonyl (C=O) groups is 2. The number of Topliss-reactive ketones (excluding diaryl/α,β-unsaturated/α-hetero) is 1. The number of nitrogens with one attached hydrogen (secondary N) is 1. The quantitative estimate of drug-likeness (QED) is 0.828. The fourth-order valence-electron chi connectivity index (χ4n) is 2.30. The smallest absolute Gasteiger partial charge is 0.220 e. The molecule has 2 rings (SSSR count). The number of rotatable bonds is 6. The summed E-state index contributed by atoms with van der Waals surface area (Å²) in [6.07, 6.45) is 3.87. The summed E-state index contributed by atoms with van der Waals surface area (Å²) >= 11 is 1.61. The number of hydrogen-bond donors (Lipinski definition) is 1. The summed E-state index contributed by atoms with van der Waals surface area (Å²) in [6.45, 7) is 5.83. The Hall–Kier alpha value is -2.01. The number of aryl methyl sites for hydroxylation is 2. The van der Waals surface area contributed by atoms with E-state index in [-0.39, 0.29) is 30.6 Å². The zero-order valence-electron chi connectivity index (χ0n) is 13.1. The predicted octanol–water partition coefficient (Wildman–Crippen LogP) is 3.60. The third-order valence-corrected chi connectivity index (χ3v) is 4.45. The van der Waals surface area contributed by atoms with Crippen LogP contribution < -0.4 is 5.32 Å². The molecule has 5 heteroatoms. The lowest BCUT2D eigenvalue weighted by atomic mass is 10.1. The molecule has 0 saturated heterocycles. The molecule has 0 saturated carbocycles. The number of thiophene rings is 1. The van der Waals surface area contributed by atoms with E-state index in [9.17, 15) is 9.59 Å². The minimum atomic E-state index is -0.116. The summed E-state index contributed by atoms with van der Waals surface area (Å²) in [7, 11) is 0. The highest BCUT2D eigenvalue weighted by atomic mass is 32.1. The van der Waals surface area contributed by atoms with Crippen LogP contribution in [-0.2, 0) is 4.79 Å². The van der Waals surface area contributed by atoms with E-state index in [0.29, 0.717) is 0 Å². The summed E-state index contributed by atoms with van der Waals surface area (Å²) in [4.78, 5) is 30.3. The maximum Gasteiger partial charge on any atom is 0.220 e. The van der Waals surface area contributed by atoms with Gasteiger partial charge in [0.1, 0.15) is 0 Å². The normalized spacial score (nSPS) is 12.0. The number of pyridine rings is 1. The van der Waals surface area contributed by atoms with Gasteiger partial charge in [0.2, 0.25) is 5.91 Å². The van der Waals surface area contributed by atoms with Crippen LogP contribution in [0.1, 0.15) is 51.5 Å². The standard InChI is InChI=1S/C17H20N2O2S/c1-11-9-15(13(3)22-11)16(20)6-7-17(21)19-12(2)14-5-4-8-18-10-14/h4-5,8-10,12H,6-7H2,1-3H3,(H,19,21). The molecule has 2 heterocycles. The maximum atomic E-state index is 12.2. The van der Waals surface area contributed by atoms with Gasteiger partial charge in [-0.3, -0.25) is 14.6 Å². The molecule has 4 nitrogen and oxygen atoms in total. The van der Waals surface area contributed by atoms with Crippen LogP contribution in [0.5, 0.6) is 0 Å². The van der Waals surface area contributed by atoms with Gasteiger partial charge < -0.3 is 5.32 Å². The first kappa shape index (κ1) is 16.4. The number of nitrogens with zero attached hydrogens (tertiary/aromatic N) is 1. The van der Waals surface area contributed by atoms with E-state index in [1.807, 2.05) is 39.0 Å².